The highest BCUT2D eigenvalue weighted by Crippen LogP contribution is 2.49. The predicted octanol–water partition coefficient (Wildman–Crippen LogP) is 1.97. The lowest BCUT2D eigenvalue weighted by atomic mass is 9.72. The lowest BCUT2D eigenvalue weighted by molar-refractivity contribution is -0.310. The molecule has 0 unspecified atom stereocenters. The first-order valence-electron chi connectivity index (χ1n) is 15.9. The number of fused-ring (bicyclic) bond motifs is 3. The normalized spacial score (nSPS) is 35.4. The molecule has 2 heterocycles. The quantitative estimate of drug-likeness (QED) is 0.259. The molecule has 4 aliphatic rings. The first-order chi connectivity index (χ1) is 22.2. The standard InChI is InChI=1S/C34H41NO12/c1-6-34(43)13-22(46-23-11-19(35(4)5)32(15(3)45-23)47-24-12-21(37)28(38)14(2)44-24)26-18(33(34)42)10-17-27(31(26)41)30(40)25-16(29(17)39)8-7-9-20(25)36/h7-10,14-15,19,21-24,28,32,36-38,41,43H,6,11-13H2,1-5H3/t14-,15-,19-,21-,22-,23-,24+,28-,32+,34+/m0/s1. The number of ether oxygens (including phenoxy) is 4. The van der Waals surface area contributed by atoms with E-state index in [-0.39, 0.29) is 65.1 Å². The Morgan fingerprint density at radius 1 is 0.915 bits per heavy atom. The molecule has 254 valence electrons. The molecule has 2 fully saturated rings. The van der Waals surface area contributed by atoms with Crippen LogP contribution in [0.3, 0.4) is 0 Å². The summed E-state index contributed by atoms with van der Waals surface area (Å²) in [4.78, 5) is 42.7. The van der Waals surface area contributed by atoms with E-state index in [9.17, 15) is 39.9 Å². The molecular formula is C34H41NO12. The van der Waals surface area contributed by atoms with Gasteiger partial charge in [0, 0.05) is 47.6 Å². The van der Waals surface area contributed by atoms with Gasteiger partial charge in [-0.3, -0.25) is 14.4 Å². The minimum absolute atomic E-state index is 0.0189. The van der Waals surface area contributed by atoms with Crippen molar-refractivity contribution in [1.82, 2.24) is 4.90 Å². The van der Waals surface area contributed by atoms with Crippen LogP contribution >= 0.6 is 0 Å². The Hall–Kier alpha value is -3.27. The molecule has 5 N–H and O–H groups in total. The lowest BCUT2D eigenvalue weighted by Crippen LogP contribution is -2.57. The Labute approximate surface area is 271 Å². The fraction of sp³-hybridized carbons (Fsp3) is 0.559. The molecule has 47 heavy (non-hydrogen) atoms. The second kappa shape index (κ2) is 12.3. The number of rotatable bonds is 6. The molecule has 0 spiro atoms. The van der Waals surface area contributed by atoms with Gasteiger partial charge in [0.15, 0.2) is 24.1 Å². The number of aromatic hydroxyl groups is 2. The minimum atomic E-state index is -1.89. The Bertz CT molecular complexity index is 1600. The second-order valence-corrected chi connectivity index (χ2v) is 13.2. The van der Waals surface area contributed by atoms with Crippen molar-refractivity contribution in [3.8, 4) is 11.5 Å². The molecule has 0 aromatic heterocycles. The zero-order valence-corrected chi connectivity index (χ0v) is 26.9. The zero-order chi connectivity index (χ0) is 34.1. The second-order valence-electron chi connectivity index (χ2n) is 13.2. The van der Waals surface area contributed by atoms with Gasteiger partial charge < -0.3 is 49.4 Å². The predicted molar refractivity (Wildman–Crippen MR) is 163 cm³/mol. The van der Waals surface area contributed by atoms with Gasteiger partial charge in [0.2, 0.25) is 5.78 Å². The maximum atomic E-state index is 13.7. The summed E-state index contributed by atoms with van der Waals surface area (Å²) in [6.45, 7) is 5.08. The van der Waals surface area contributed by atoms with E-state index in [1.807, 2.05) is 19.0 Å². The third kappa shape index (κ3) is 5.58. The largest absolute Gasteiger partial charge is 0.507 e. The molecule has 2 aliphatic carbocycles. The number of nitrogens with zero attached hydrogens (tertiary/aromatic N) is 1. The molecule has 10 atom stereocenters. The maximum Gasteiger partial charge on any atom is 0.201 e. The molecule has 13 nitrogen and oxygen atoms in total. The van der Waals surface area contributed by atoms with Crippen LogP contribution in [0.1, 0.15) is 100 Å². The van der Waals surface area contributed by atoms with Crippen LogP contribution in [-0.4, -0.2) is 117 Å². The van der Waals surface area contributed by atoms with Gasteiger partial charge in [0.05, 0.1) is 35.5 Å². The SMILES string of the molecule is CC[C@@]1(O)C[C@H](O[C@H]2C[C@H](N(C)C)[C@H](O[C@@H]3C[C@H](O)[C@@H](O)[C@H](C)O3)[C@H](C)O2)c2c(cc3c(c2O)C(=O)c2c(O)cccc2C3=O)C1=O. The average molecular weight is 656 g/mol. The van der Waals surface area contributed by atoms with E-state index in [0.29, 0.717) is 0 Å². The first kappa shape index (κ1) is 33.6. The smallest absolute Gasteiger partial charge is 0.201 e. The van der Waals surface area contributed by atoms with Crippen LogP contribution in [0, 0.1) is 0 Å². The first-order valence-corrected chi connectivity index (χ1v) is 15.9. The number of benzene rings is 2. The van der Waals surface area contributed by atoms with Crippen molar-refractivity contribution >= 4 is 17.3 Å². The molecule has 2 saturated heterocycles. The summed E-state index contributed by atoms with van der Waals surface area (Å²) >= 11 is 0. The van der Waals surface area contributed by atoms with Gasteiger partial charge in [0.1, 0.15) is 29.3 Å². The Kier molecular flexibility index (Phi) is 8.81. The highest BCUT2D eigenvalue weighted by Gasteiger charge is 2.50. The van der Waals surface area contributed by atoms with Crippen LogP contribution in [0.4, 0.5) is 0 Å². The Morgan fingerprint density at radius 3 is 2.26 bits per heavy atom. The molecule has 2 aromatic rings. The molecule has 0 amide bonds. The van der Waals surface area contributed by atoms with Gasteiger partial charge >= 0.3 is 0 Å². The molecule has 13 heteroatoms. The van der Waals surface area contributed by atoms with Gasteiger partial charge in [-0.05, 0) is 46.5 Å². The number of carbonyl (C=O) groups excluding carboxylic acids is 3. The van der Waals surface area contributed by atoms with Crippen molar-refractivity contribution in [1.29, 1.82) is 0 Å². The summed E-state index contributed by atoms with van der Waals surface area (Å²) in [5.41, 5.74) is -2.92. The van der Waals surface area contributed by atoms with Crippen LogP contribution in [0.2, 0.25) is 0 Å². The van der Waals surface area contributed by atoms with E-state index in [2.05, 4.69) is 0 Å². The number of ketones is 3. The highest BCUT2D eigenvalue weighted by molar-refractivity contribution is 6.31. The molecule has 0 saturated carbocycles. The Morgan fingerprint density at radius 2 is 1.60 bits per heavy atom. The van der Waals surface area contributed by atoms with E-state index in [1.54, 1.807) is 20.8 Å². The fourth-order valence-electron chi connectivity index (χ4n) is 7.30. The van der Waals surface area contributed by atoms with Crippen molar-refractivity contribution in [3.63, 3.8) is 0 Å². The average Bonchev–Trinajstić information content (AvgIpc) is 3.01. The minimum Gasteiger partial charge on any atom is -0.507 e. The van der Waals surface area contributed by atoms with Crippen molar-refractivity contribution in [2.75, 3.05) is 14.1 Å². The van der Waals surface area contributed by atoms with Crippen molar-refractivity contribution in [3.05, 3.63) is 57.6 Å². The summed E-state index contributed by atoms with van der Waals surface area (Å²) in [5.74, 6) is -3.17. The molecule has 0 bridgehead atoms. The molecule has 2 aromatic carbocycles. The van der Waals surface area contributed by atoms with Crippen molar-refractivity contribution < 1.29 is 58.9 Å². The Balaban J connectivity index is 1.33. The van der Waals surface area contributed by atoms with E-state index in [4.69, 9.17) is 18.9 Å². The van der Waals surface area contributed by atoms with Crippen molar-refractivity contribution in [2.45, 2.75) is 107 Å². The van der Waals surface area contributed by atoms with E-state index < -0.39 is 83.7 Å². The zero-order valence-electron chi connectivity index (χ0n) is 26.9. The summed E-state index contributed by atoms with van der Waals surface area (Å²) in [7, 11) is 3.72. The van der Waals surface area contributed by atoms with Gasteiger partial charge in [0.25, 0.3) is 0 Å². The summed E-state index contributed by atoms with van der Waals surface area (Å²) < 4.78 is 24.8. The number of hydrogen-bond donors (Lipinski definition) is 5. The summed E-state index contributed by atoms with van der Waals surface area (Å²) in [5, 5.41) is 53.9. The molecular weight excluding hydrogens is 614 g/mol. The molecule has 0 radical (unpaired) electrons. The number of hydrogen-bond acceptors (Lipinski definition) is 13. The van der Waals surface area contributed by atoms with Crippen LogP contribution < -0.4 is 0 Å². The summed E-state index contributed by atoms with van der Waals surface area (Å²) in [6, 6.07) is 5.01. The molecule has 6 rings (SSSR count). The topological polar surface area (TPSA) is 193 Å². The van der Waals surface area contributed by atoms with Crippen molar-refractivity contribution in [2.24, 2.45) is 0 Å². The van der Waals surface area contributed by atoms with Gasteiger partial charge in [-0.2, -0.15) is 0 Å². The van der Waals surface area contributed by atoms with E-state index in [1.165, 1.54) is 24.3 Å². The number of carbonyl (C=O) groups is 3. The fourth-order valence-corrected chi connectivity index (χ4v) is 7.30. The number of phenols is 2. The van der Waals surface area contributed by atoms with Gasteiger partial charge in [-0.25, -0.2) is 0 Å². The maximum absolute atomic E-state index is 13.7. The number of likely N-dealkylation sites (N-methyl/N-ethyl adjacent to an activating group) is 1. The number of Topliss-reactive ketones (excluding diaryl/α,β-unsaturated/α-hetero) is 1. The third-order valence-electron chi connectivity index (χ3n) is 10.0. The van der Waals surface area contributed by atoms with Crippen LogP contribution in [-0.2, 0) is 18.9 Å². The number of aliphatic hydroxyl groups excluding tert-OH is 2. The van der Waals surface area contributed by atoms with Crippen LogP contribution in [0.5, 0.6) is 11.5 Å². The van der Waals surface area contributed by atoms with E-state index >= 15 is 0 Å². The monoisotopic (exact) mass is 655 g/mol. The lowest BCUT2D eigenvalue weighted by Gasteiger charge is -2.47. The number of aliphatic hydroxyl groups is 3. The third-order valence-corrected chi connectivity index (χ3v) is 10.0. The van der Waals surface area contributed by atoms with E-state index in [0.717, 1.165) is 0 Å². The highest BCUT2D eigenvalue weighted by atomic mass is 16.7. The molecule has 2 aliphatic heterocycles. The summed E-state index contributed by atoms with van der Waals surface area (Å²) in [6.07, 6.45) is -6.51. The number of phenolic OH excluding ortho intramolecular Hbond substituents is 2. The van der Waals surface area contributed by atoms with Gasteiger partial charge in [-0.1, -0.05) is 19.1 Å². The van der Waals surface area contributed by atoms with Crippen LogP contribution in [0.15, 0.2) is 24.3 Å². The van der Waals surface area contributed by atoms with Gasteiger partial charge in [-0.15, -0.1) is 0 Å². The van der Waals surface area contributed by atoms with Crippen LogP contribution in [0.25, 0.3) is 0 Å².